The molecule has 0 aromatic rings. The van der Waals surface area contributed by atoms with Crippen molar-refractivity contribution in [1.29, 1.82) is 0 Å². The van der Waals surface area contributed by atoms with Gasteiger partial charge in [-0.3, -0.25) is 9.59 Å². The van der Waals surface area contributed by atoms with Gasteiger partial charge in [0.1, 0.15) is 24.9 Å². The van der Waals surface area contributed by atoms with Gasteiger partial charge in [0.2, 0.25) is 0 Å². The highest BCUT2D eigenvalue weighted by molar-refractivity contribution is 5.93. The summed E-state index contributed by atoms with van der Waals surface area (Å²) < 4.78 is 21.8. The largest absolute Gasteiger partial charge is 0.466 e. The normalized spacial score (nSPS) is 37.1. The summed E-state index contributed by atoms with van der Waals surface area (Å²) >= 11 is 0. The molecule has 7 nitrogen and oxygen atoms in total. The van der Waals surface area contributed by atoms with E-state index in [1.165, 1.54) is 7.11 Å². The fourth-order valence-corrected chi connectivity index (χ4v) is 4.22. The molecule has 0 amide bonds. The van der Waals surface area contributed by atoms with Crippen molar-refractivity contribution in [3.63, 3.8) is 0 Å². The molecular formula is C18H20O7. The Morgan fingerprint density at radius 3 is 2.52 bits per heavy atom. The third-order valence-corrected chi connectivity index (χ3v) is 5.56. The minimum atomic E-state index is -1.05. The molecule has 1 saturated heterocycles. The van der Waals surface area contributed by atoms with Crippen molar-refractivity contribution in [2.75, 3.05) is 20.3 Å². The lowest BCUT2D eigenvalue weighted by Crippen LogP contribution is -2.42. The van der Waals surface area contributed by atoms with Crippen molar-refractivity contribution < 1.29 is 33.3 Å². The molecule has 7 heteroatoms. The number of esters is 3. The molecule has 2 bridgehead atoms. The molecule has 134 valence electrons. The third kappa shape index (κ3) is 2.49. The second-order valence-corrected chi connectivity index (χ2v) is 6.88. The maximum absolute atomic E-state index is 12.5. The molecule has 4 rings (SSSR count). The number of fused-ring (bicyclic) bond motifs is 2. The third-order valence-electron chi connectivity index (χ3n) is 5.56. The number of rotatable bonds is 1. The number of carbonyl (C=O) groups excluding carboxylic acids is 3. The van der Waals surface area contributed by atoms with Crippen LogP contribution in [0.4, 0.5) is 0 Å². The van der Waals surface area contributed by atoms with Crippen molar-refractivity contribution >= 4 is 17.9 Å². The van der Waals surface area contributed by atoms with Crippen LogP contribution in [-0.2, 0) is 33.3 Å². The van der Waals surface area contributed by atoms with Crippen LogP contribution in [0.5, 0.6) is 0 Å². The first-order valence-electron chi connectivity index (χ1n) is 8.58. The maximum atomic E-state index is 12.5. The molecule has 1 spiro atoms. The fourth-order valence-electron chi connectivity index (χ4n) is 4.22. The van der Waals surface area contributed by atoms with Crippen molar-refractivity contribution in [2.45, 2.75) is 37.4 Å². The van der Waals surface area contributed by atoms with E-state index in [0.717, 1.165) is 12.8 Å². The van der Waals surface area contributed by atoms with Crippen molar-refractivity contribution in [3.8, 4) is 0 Å². The topological polar surface area (TPSA) is 88.1 Å². The van der Waals surface area contributed by atoms with Crippen molar-refractivity contribution in [2.24, 2.45) is 11.8 Å². The molecule has 2 fully saturated rings. The lowest BCUT2D eigenvalue weighted by Gasteiger charge is -2.33. The minimum Gasteiger partial charge on any atom is -0.466 e. The van der Waals surface area contributed by atoms with Gasteiger partial charge in [-0.2, -0.15) is 0 Å². The first-order valence-corrected chi connectivity index (χ1v) is 8.58. The van der Waals surface area contributed by atoms with Gasteiger partial charge in [0.25, 0.3) is 0 Å². The molecule has 4 atom stereocenters. The van der Waals surface area contributed by atoms with E-state index in [-0.39, 0.29) is 13.2 Å². The summed E-state index contributed by atoms with van der Waals surface area (Å²) in [5.74, 6) is -2.29. The Morgan fingerprint density at radius 2 is 1.84 bits per heavy atom. The van der Waals surface area contributed by atoms with Gasteiger partial charge >= 0.3 is 17.9 Å². The van der Waals surface area contributed by atoms with Crippen molar-refractivity contribution in [3.05, 3.63) is 23.3 Å². The van der Waals surface area contributed by atoms with Crippen molar-refractivity contribution in [1.82, 2.24) is 0 Å². The van der Waals surface area contributed by atoms with E-state index in [4.69, 9.17) is 18.9 Å². The predicted molar refractivity (Wildman–Crippen MR) is 83.2 cm³/mol. The van der Waals surface area contributed by atoms with E-state index in [1.54, 1.807) is 12.2 Å². The first-order chi connectivity index (χ1) is 12.1. The maximum Gasteiger partial charge on any atom is 0.336 e. The zero-order valence-electron chi connectivity index (χ0n) is 14.0. The Labute approximate surface area is 144 Å². The Hall–Kier alpha value is -2.15. The quantitative estimate of drug-likeness (QED) is 0.398. The first kappa shape index (κ1) is 16.3. The standard InChI is InChI=1S/C18H20O7/c1-22-17(21)14-12-8-23-15(19)10-4-2-3-5-11(10)16(20)24-9-18(12)7-6-13(14)25-18/h6-7,10-11,13H,2-5,8-9H2,1H3/t10-,11-,13?,18?/m1/s1. The molecule has 0 aromatic carbocycles. The zero-order chi connectivity index (χ0) is 17.6. The summed E-state index contributed by atoms with van der Waals surface area (Å²) in [4.78, 5) is 37.2. The molecule has 3 heterocycles. The van der Waals surface area contributed by atoms with E-state index >= 15 is 0 Å². The lowest BCUT2D eigenvalue weighted by molar-refractivity contribution is -0.168. The van der Waals surface area contributed by atoms with Crippen LogP contribution in [-0.4, -0.2) is 49.9 Å². The fraction of sp³-hybridized carbons (Fsp3) is 0.611. The lowest BCUT2D eigenvalue weighted by atomic mass is 9.79. The number of hydrogen-bond donors (Lipinski definition) is 0. The predicted octanol–water partition coefficient (Wildman–Crippen LogP) is 1.07. The van der Waals surface area contributed by atoms with E-state index < -0.39 is 41.4 Å². The molecule has 3 aliphatic heterocycles. The van der Waals surface area contributed by atoms with Gasteiger partial charge in [-0.25, -0.2) is 4.79 Å². The van der Waals surface area contributed by atoms with Crippen LogP contribution in [0.3, 0.4) is 0 Å². The van der Waals surface area contributed by atoms with Crippen LogP contribution in [0.2, 0.25) is 0 Å². The highest BCUT2D eigenvalue weighted by Gasteiger charge is 2.53. The van der Waals surface area contributed by atoms with E-state index in [1.807, 2.05) is 0 Å². The summed E-state index contributed by atoms with van der Waals surface area (Å²) in [6.45, 7) is -0.0969. The summed E-state index contributed by atoms with van der Waals surface area (Å²) in [5.41, 5.74) is -0.220. The Bertz CT molecular complexity index is 692. The molecule has 0 radical (unpaired) electrons. The van der Waals surface area contributed by atoms with Gasteiger partial charge in [-0.1, -0.05) is 18.9 Å². The molecule has 2 unspecified atom stereocenters. The SMILES string of the molecule is COC(=O)C1=C2COC(=O)[C@@H]3CCCC[C@H]3C(=O)OCC23C=CC1O3. The Balaban J connectivity index is 1.69. The molecule has 25 heavy (non-hydrogen) atoms. The zero-order valence-corrected chi connectivity index (χ0v) is 14.0. The summed E-state index contributed by atoms with van der Waals surface area (Å²) in [7, 11) is 1.29. The average molecular weight is 348 g/mol. The van der Waals surface area contributed by atoms with Crippen LogP contribution in [0.1, 0.15) is 25.7 Å². The van der Waals surface area contributed by atoms with Crippen LogP contribution in [0.15, 0.2) is 23.3 Å². The van der Waals surface area contributed by atoms with Crippen LogP contribution in [0.25, 0.3) is 0 Å². The van der Waals surface area contributed by atoms with E-state index in [9.17, 15) is 14.4 Å². The van der Waals surface area contributed by atoms with Gasteiger partial charge in [0.15, 0.2) is 0 Å². The number of methoxy groups -OCH3 is 1. The van der Waals surface area contributed by atoms with Gasteiger partial charge in [-0.15, -0.1) is 0 Å². The number of ether oxygens (including phenoxy) is 4. The second-order valence-electron chi connectivity index (χ2n) is 6.88. The second kappa shape index (κ2) is 5.98. The van der Waals surface area contributed by atoms with Gasteiger partial charge < -0.3 is 18.9 Å². The average Bonchev–Trinajstić information content (AvgIpc) is 3.19. The molecule has 0 aromatic heterocycles. The van der Waals surface area contributed by atoms with Crippen LogP contribution >= 0.6 is 0 Å². The Morgan fingerprint density at radius 1 is 1.16 bits per heavy atom. The van der Waals surface area contributed by atoms with Gasteiger partial charge in [-0.05, 0) is 18.9 Å². The molecular weight excluding hydrogens is 328 g/mol. The smallest absolute Gasteiger partial charge is 0.336 e. The molecule has 1 saturated carbocycles. The van der Waals surface area contributed by atoms with E-state index in [0.29, 0.717) is 24.0 Å². The number of hydrogen-bond acceptors (Lipinski definition) is 7. The summed E-state index contributed by atoms with van der Waals surface area (Å²) in [5, 5.41) is 0. The minimum absolute atomic E-state index is 0.0323. The monoisotopic (exact) mass is 348 g/mol. The highest BCUT2D eigenvalue weighted by atomic mass is 16.6. The van der Waals surface area contributed by atoms with Gasteiger partial charge in [0.05, 0.1) is 24.5 Å². The molecule has 1 aliphatic carbocycles. The van der Waals surface area contributed by atoms with Crippen LogP contribution in [0, 0.1) is 11.8 Å². The summed E-state index contributed by atoms with van der Waals surface area (Å²) in [6, 6.07) is 0. The van der Waals surface area contributed by atoms with Gasteiger partial charge in [0, 0.05) is 5.57 Å². The van der Waals surface area contributed by atoms with E-state index in [2.05, 4.69) is 0 Å². The molecule has 4 aliphatic rings. The van der Waals surface area contributed by atoms with Crippen LogP contribution < -0.4 is 0 Å². The number of cyclic esters (lactones) is 2. The summed E-state index contributed by atoms with van der Waals surface area (Å²) in [6.07, 6.45) is 5.96. The number of carbonyl (C=O) groups is 3. The highest BCUT2D eigenvalue weighted by Crippen LogP contribution is 2.45. The Kier molecular flexibility index (Phi) is 3.91. The molecule has 0 N–H and O–H groups in total.